The average molecular weight is 394 g/mol. The number of rotatable bonds is 6. The van der Waals surface area contributed by atoms with E-state index in [1.54, 1.807) is 41.5 Å². The molecule has 10 heteroatoms. The van der Waals surface area contributed by atoms with Gasteiger partial charge in [0, 0.05) is 22.1 Å². The molecule has 0 rings (SSSR count). The van der Waals surface area contributed by atoms with Gasteiger partial charge in [-0.3, -0.25) is 0 Å². The van der Waals surface area contributed by atoms with Crippen molar-refractivity contribution in [1.82, 2.24) is 0 Å². The molecule has 0 saturated carbocycles. The van der Waals surface area contributed by atoms with Gasteiger partial charge in [-0.05, 0) is 37.0 Å². The van der Waals surface area contributed by atoms with E-state index >= 15 is 0 Å². The van der Waals surface area contributed by atoms with Crippen molar-refractivity contribution < 1.29 is 28.4 Å². The van der Waals surface area contributed by atoms with Crippen molar-refractivity contribution in [2.45, 2.75) is 41.5 Å². The van der Waals surface area contributed by atoms with Gasteiger partial charge in [-0.25, -0.2) is 0 Å². The van der Waals surface area contributed by atoms with Crippen LogP contribution in [0.1, 0.15) is 41.5 Å². The van der Waals surface area contributed by atoms with Gasteiger partial charge in [0.15, 0.2) is 0 Å². The number of hydrogen-bond acceptors (Lipinski definition) is 6. The summed E-state index contributed by atoms with van der Waals surface area (Å²) in [5.41, 5.74) is 0. The quantitative estimate of drug-likeness (QED) is 0.639. The van der Waals surface area contributed by atoms with Crippen LogP contribution < -0.4 is 14.7 Å². The van der Waals surface area contributed by atoms with E-state index in [1.807, 2.05) is 0 Å². The predicted octanol–water partition coefficient (Wildman–Crippen LogP) is 2.86. The SMILES string of the molecule is CCP(=O)([O-])CC.CCP(=O)([O-])CC.CCP(=O)([O-])CC.[P+3]. The smallest absolute Gasteiger partial charge is 0.799 e. The first-order chi connectivity index (χ1) is 9.36. The second-order valence-electron chi connectivity index (χ2n) is 4.34. The molecular weight excluding hydrogens is 364 g/mol. The molecule has 0 heterocycles. The van der Waals surface area contributed by atoms with E-state index in [4.69, 9.17) is 0 Å². The summed E-state index contributed by atoms with van der Waals surface area (Å²) in [5.74, 6) is 0. The Hall–Kier alpha value is 1.00. The molecule has 0 N–H and O–H groups in total. The molecule has 6 nitrogen and oxygen atoms in total. The van der Waals surface area contributed by atoms with Crippen LogP contribution in [0.4, 0.5) is 0 Å². The molecule has 0 bridgehead atoms. The van der Waals surface area contributed by atoms with Crippen LogP contribution in [0.25, 0.3) is 0 Å². The molecule has 0 atom stereocenters. The van der Waals surface area contributed by atoms with Crippen LogP contribution >= 0.6 is 32.0 Å². The molecule has 0 aliphatic heterocycles. The normalized spacial score (nSPS) is 11.3. The summed E-state index contributed by atoms with van der Waals surface area (Å²) in [6, 6.07) is 0. The molecule has 0 amide bonds. The summed E-state index contributed by atoms with van der Waals surface area (Å²) in [6.45, 7) is 9.98. The van der Waals surface area contributed by atoms with Gasteiger partial charge in [-0.1, -0.05) is 41.5 Å². The van der Waals surface area contributed by atoms with E-state index in [0.29, 0.717) is 37.0 Å². The molecule has 0 spiro atoms. The molecule has 0 aliphatic rings. The first-order valence-electron chi connectivity index (χ1n) is 7.24. The van der Waals surface area contributed by atoms with Crippen LogP contribution in [0.5, 0.6) is 0 Å². The summed E-state index contributed by atoms with van der Waals surface area (Å²) >= 11 is 0. The van der Waals surface area contributed by atoms with Crippen LogP contribution in [0.15, 0.2) is 0 Å². The van der Waals surface area contributed by atoms with Crippen LogP contribution in [-0.2, 0) is 13.7 Å². The van der Waals surface area contributed by atoms with Crippen molar-refractivity contribution >= 4 is 32.0 Å². The Morgan fingerprint density at radius 3 is 0.591 bits per heavy atom. The van der Waals surface area contributed by atoms with E-state index in [0.717, 1.165) is 0 Å². The standard InChI is InChI=1S/3C4H11O2P.P/c3*1-3-7(5,6)4-2;/h3*3-4H2,1-2H3,(H,5,6);/q;;;+3/p-3. The molecule has 0 unspecified atom stereocenters. The Morgan fingerprint density at radius 2 is 0.591 bits per heavy atom. The maximum atomic E-state index is 10.4. The van der Waals surface area contributed by atoms with E-state index in [2.05, 4.69) is 0 Å². The molecule has 0 aliphatic carbocycles. The van der Waals surface area contributed by atoms with Gasteiger partial charge in [0.2, 0.25) is 0 Å². The maximum Gasteiger partial charge on any atom is 3.00 e. The van der Waals surface area contributed by atoms with Crippen LogP contribution in [0, 0.1) is 0 Å². The van der Waals surface area contributed by atoms with Crippen molar-refractivity contribution in [3.05, 3.63) is 0 Å². The van der Waals surface area contributed by atoms with Crippen molar-refractivity contribution in [3.8, 4) is 0 Å². The van der Waals surface area contributed by atoms with Gasteiger partial charge in [0.25, 0.3) is 0 Å². The first-order valence-corrected chi connectivity index (χ1v) is 13.2. The van der Waals surface area contributed by atoms with Crippen LogP contribution in [0.3, 0.4) is 0 Å². The Bertz CT molecular complexity index is 305. The molecule has 0 saturated heterocycles. The van der Waals surface area contributed by atoms with Crippen molar-refractivity contribution in [2.75, 3.05) is 37.0 Å². The van der Waals surface area contributed by atoms with Gasteiger partial charge >= 0.3 is 9.90 Å². The zero-order valence-electron chi connectivity index (χ0n) is 14.5. The Labute approximate surface area is 139 Å². The van der Waals surface area contributed by atoms with E-state index in [9.17, 15) is 28.4 Å². The van der Waals surface area contributed by atoms with E-state index in [1.165, 1.54) is 0 Å². The molecule has 0 fully saturated rings. The summed E-state index contributed by atoms with van der Waals surface area (Å²) in [6.07, 6.45) is 1.77. The largest absolute Gasteiger partial charge is 3.00 e. The molecule has 2 radical (unpaired) electrons. The van der Waals surface area contributed by atoms with Gasteiger partial charge in [-0.15, -0.1) is 0 Å². The van der Waals surface area contributed by atoms with Crippen LogP contribution in [-0.4, -0.2) is 37.0 Å². The third-order valence-corrected chi connectivity index (χ3v) is 8.67. The third-order valence-electron chi connectivity index (χ3n) is 2.89. The number of hydrogen-bond donors (Lipinski definition) is 0. The molecule has 0 aromatic rings. The zero-order valence-corrected chi connectivity index (χ0v) is 18.1. The molecule has 134 valence electrons. The summed E-state index contributed by atoms with van der Waals surface area (Å²) < 4.78 is 31.2. The fourth-order valence-corrected chi connectivity index (χ4v) is 2.01. The van der Waals surface area contributed by atoms with Crippen molar-refractivity contribution in [3.63, 3.8) is 0 Å². The molecular formula is C12H30O6P4. The predicted molar refractivity (Wildman–Crippen MR) is 93.0 cm³/mol. The van der Waals surface area contributed by atoms with Gasteiger partial charge < -0.3 is 28.4 Å². The monoisotopic (exact) mass is 394 g/mol. The first kappa shape index (κ1) is 30.8. The summed E-state index contributed by atoms with van der Waals surface area (Å²) in [7, 11) is -8.71. The Kier molecular flexibility index (Phi) is 21.8. The Morgan fingerprint density at radius 1 is 0.500 bits per heavy atom. The summed E-state index contributed by atoms with van der Waals surface area (Å²) in [4.78, 5) is 31.2. The van der Waals surface area contributed by atoms with Crippen molar-refractivity contribution in [1.29, 1.82) is 0 Å². The molecule has 22 heavy (non-hydrogen) atoms. The van der Waals surface area contributed by atoms with E-state index < -0.39 is 22.1 Å². The third kappa shape index (κ3) is 23.3. The van der Waals surface area contributed by atoms with E-state index in [-0.39, 0.29) is 9.90 Å². The fraction of sp³-hybridized carbons (Fsp3) is 1.00. The average Bonchev–Trinajstić information content (AvgIpc) is 2.48. The molecule has 0 aromatic heterocycles. The fourth-order valence-electron chi connectivity index (χ4n) is 0.671. The summed E-state index contributed by atoms with van der Waals surface area (Å²) in [5, 5.41) is 0. The molecule has 0 aromatic carbocycles. The topological polar surface area (TPSA) is 120 Å². The minimum Gasteiger partial charge on any atom is -0.799 e. The van der Waals surface area contributed by atoms with Gasteiger partial charge in [-0.2, -0.15) is 0 Å². The van der Waals surface area contributed by atoms with Crippen LogP contribution in [0.2, 0.25) is 0 Å². The van der Waals surface area contributed by atoms with Crippen molar-refractivity contribution in [2.24, 2.45) is 0 Å². The van der Waals surface area contributed by atoms with Gasteiger partial charge in [0.1, 0.15) is 0 Å². The second kappa shape index (κ2) is 15.5. The minimum atomic E-state index is -2.90. The second-order valence-corrected chi connectivity index (χ2v) is 13.0. The van der Waals surface area contributed by atoms with Gasteiger partial charge in [0.05, 0.1) is 0 Å². The Balaban J connectivity index is -0.000000108. The zero-order chi connectivity index (χ0) is 17.7. The minimum absolute atomic E-state index is 0. The maximum absolute atomic E-state index is 10.4.